The third kappa shape index (κ3) is 5.65. The maximum absolute atomic E-state index is 10.9. The van der Waals surface area contributed by atoms with E-state index in [1.54, 1.807) is 31.4 Å². The summed E-state index contributed by atoms with van der Waals surface area (Å²) in [6.45, 7) is 0.898. The molecule has 2 N–H and O–H groups in total. The van der Waals surface area contributed by atoms with Gasteiger partial charge < -0.3 is 19.9 Å². The number of rotatable bonds is 8. The smallest absolute Gasteiger partial charge is 0.335 e. The third-order valence-electron chi connectivity index (χ3n) is 4.23. The van der Waals surface area contributed by atoms with Gasteiger partial charge in [-0.3, -0.25) is 0 Å². The van der Waals surface area contributed by atoms with Crippen molar-refractivity contribution < 1.29 is 19.4 Å². The molecular formula is C22H19BrClNO4. The lowest BCUT2D eigenvalue weighted by atomic mass is 10.1. The maximum atomic E-state index is 10.9. The van der Waals surface area contributed by atoms with Gasteiger partial charge in [-0.2, -0.15) is 0 Å². The number of halogens is 2. The third-order valence-corrected chi connectivity index (χ3v) is 5.20. The lowest BCUT2D eigenvalue weighted by Crippen LogP contribution is -2.03. The molecule has 0 aliphatic rings. The molecule has 0 bridgehead atoms. The lowest BCUT2D eigenvalue weighted by Gasteiger charge is -2.15. The molecule has 5 nitrogen and oxygen atoms in total. The first-order valence-corrected chi connectivity index (χ1v) is 9.94. The van der Waals surface area contributed by atoms with E-state index in [1.165, 1.54) is 0 Å². The van der Waals surface area contributed by atoms with Gasteiger partial charge in [-0.05, 0) is 59.7 Å². The topological polar surface area (TPSA) is 67.8 Å². The summed E-state index contributed by atoms with van der Waals surface area (Å²) in [5.41, 5.74) is 3.01. The van der Waals surface area contributed by atoms with Crippen LogP contribution in [0.15, 0.2) is 65.1 Å². The van der Waals surface area contributed by atoms with Crippen molar-refractivity contribution in [2.24, 2.45) is 0 Å². The largest absolute Gasteiger partial charge is 0.493 e. The molecule has 7 heteroatoms. The van der Waals surface area contributed by atoms with Crippen molar-refractivity contribution in [1.82, 2.24) is 0 Å². The highest BCUT2D eigenvalue weighted by Gasteiger charge is 2.11. The number of carbonyl (C=O) groups is 1. The van der Waals surface area contributed by atoms with Crippen LogP contribution in [0.25, 0.3) is 0 Å². The second-order valence-electron chi connectivity index (χ2n) is 6.25. The van der Waals surface area contributed by atoms with Gasteiger partial charge in [-0.25, -0.2) is 4.79 Å². The van der Waals surface area contributed by atoms with E-state index in [0.29, 0.717) is 29.7 Å². The van der Waals surface area contributed by atoms with Crippen LogP contribution in [0.4, 0.5) is 5.69 Å². The molecule has 0 saturated carbocycles. The van der Waals surface area contributed by atoms with Crippen molar-refractivity contribution in [3.63, 3.8) is 0 Å². The molecule has 0 aliphatic carbocycles. The molecule has 3 rings (SSSR count). The first-order valence-electron chi connectivity index (χ1n) is 8.77. The van der Waals surface area contributed by atoms with Crippen LogP contribution in [0.5, 0.6) is 11.5 Å². The Morgan fingerprint density at radius 3 is 2.52 bits per heavy atom. The van der Waals surface area contributed by atoms with Crippen LogP contribution in [-0.2, 0) is 13.2 Å². The van der Waals surface area contributed by atoms with E-state index in [1.807, 2.05) is 36.4 Å². The van der Waals surface area contributed by atoms with Gasteiger partial charge in [0.15, 0.2) is 11.5 Å². The van der Waals surface area contributed by atoms with Crippen LogP contribution in [-0.4, -0.2) is 18.2 Å². The molecule has 0 saturated heterocycles. The minimum Gasteiger partial charge on any atom is -0.493 e. The molecule has 0 fully saturated rings. The van der Waals surface area contributed by atoms with Crippen LogP contribution in [0.3, 0.4) is 0 Å². The quantitative estimate of drug-likeness (QED) is 0.417. The van der Waals surface area contributed by atoms with Gasteiger partial charge in [0.05, 0.1) is 12.7 Å². The second kappa shape index (κ2) is 9.67. The Labute approximate surface area is 182 Å². The molecule has 3 aromatic rings. The Kier molecular flexibility index (Phi) is 7.01. The molecule has 0 aromatic heterocycles. The van der Waals surface area contributed by atoms with E-state index in [4.69, 9.17) is 26.2 Å². The minimum absolute atomic E-state index is 0.250. The van der Waals surface area contributed by atoms with Gasteiger partial charge in [-0.15, -0.1) is 0 Å². The van der Waals surface area contributed by atoms with Crippen molar-refractivity contribution in [1.29, 1.82) is 0 Å². The second-order valence-corrected chi connectivity index (χ2v) is 7.54. The first-order chi connectivity index (χ1) is 14.0. The van der Waals surface area contributed by atoms with Crippen molar-refractivity contribution in [3.05, 3.63) is 86.8 Å². The zero-order valence-corrected chi connectivity index (χ0v) is 18.0. The molecule has 0 unspecified atom stereocenters. The molecule has 29 heavy (non-hydrogen) atoms. The average Bonchev–Trinajstić information content (AvgIpc) is 2.71. The summed E-state index contributed by atoms with van der Waals surface area (Å²) >= 11 is 9.59. The van der Waals surface area contributed by atoms with Crippen molar-refractivity contribution >= 4 is 39.2 Å². The summed E-state index contributed by atoms with van der Waals surface area (Å²) in [5.74, 6) is 0.291. The first kappa shape index (κ1) is 21.0. The van der Waals surface area contributed by atoms with Crippen LogP contribution >= 0.6 is 27.5 Å². The molecule has 0 heterocycles. The lowest BCUT2D eigenvalue weighted by molar-refractivity contribution is 0.0697. The Hall–Kier alpha value is -2.70. The number of anilines is 1. The number of hydrogen-bond donors (Lipinski definition) is 2. The minimum atomic E-state index is -0.947. The van der Waals surface area contributed by atoms with E-state index in [2.05, 4.69) is 21.2 Å². The molecule has 0 radical (unpaired) electrons. The number of aromatic carboxylic acids is 1. The number of nitrogens with one attached hydrogen (secondary N) is 1. The SMILES string of the molecule is COc1cc(CNc2ccc(C(=O)O)cc2)c(Br)cc1OCc1cccc(Cl)c1. The molecule has 150 valence electrons. The maximum Gasteiger partial charge on any atom is 0.335 e. The summed E-state index contributed by atoms with van der Waals surface area (Å²) in [5, 5.41) is 12.9. The zero-order chi connectivity index (χ0) is 20.8. The van der Waals surface area contributed by atoms with Crippen LogP contribution in [0.2, 0.25) is 5.02 Å². The van der Waals surface area contributed by atoms with Crippen LogP contribution in [0, 0.1) is 0 Å². The van der Waals surface area contributed by atoms with Gasteiger partial charge in [0, 0.05) is 21.7 Å². The molecule has 0 aliphatic heterocycles. The Morgan fingerprint density at radius 1 is 1.10 bits per heavy atom. The molecule has 3 aromatic carbocycles. The Morgan fingerprint density at radius 2 is 1.86 bits per heavy atom. The fourth-order valence-corrected chi connectivity index (χ4v) is 3.38. The van der Waals surface area contributed by atoms with Crippen LogP contribution < -0.4 is 14.8 Å². The van der Waals surface area contributed by atoms with Gasteiger partial charge in [0.25, 0.3) is 0 Å². The number of benzene rings is 3. The monoisotopic (exact) mass is 475 g/mol. The van der Waals surface area contributed by atoms with Crippen molar-refractivity contribution in [2.75, 3.05) is 12.4 Å². The fourth-order valence-electron chi connectivity index (χ4n) is 2.70. The highest BCUT2D eigenvalue weighted by atomic mass is 79.9. The van der Waals surface area contributed by atoms with E-state index in [0.717, 1.165) is 21.3 Å². The Bertz CT molecular complexity index is 1010. The van der Waals surface area contributed by atoms with E-state index in [-0.39, 0.29) is 5.56 Å². The number of methoxy groups -OCH3 is 1. The summed E-state index contributed by atoms with van der Waals surface area (Å²) in [6, 6.07) is 17.9. The normalized spacial score (nSPS) is 10.4. The summed E-state index contributed by atoms with van der Waals surface area (Å²) < 4.78 is 12.3. The molecule has 0 spiro atoms. The number of hydrogen-bond acceptors (Lipinski definition) is 4. The number of carboxylic acids is 1. The number of carboxylic acid groups (broad SMARTS) is 1. The number of ether oxygens (including phenoxy) is 2. The van der Waals surface area contributed by atoms with Crippen LogP contribution in [0.1, 0.15) is 21.5 Å². The zero-order valence-electron chi connectivity index (χ0n) is 15.6. The summed E-state index contributed by atoms with van der Waals surface area (Å²) in [6.07, 6.45) is 0. The predicted octanol–water partition coefficient (Wildman–Crippen LogP) is 6.00. The van der Waals surface area contributed by atoms with Gasteiger partial charge in [0.2, 0.25) is 0 Å². The van der Waals surface area contributed by atoms with Gasteiger partial charge in [-0.1, -0.05) is 39.7 Å². The van der Waals surface area contributed by atoms with E-state index < -0.39 is 5.97 Å². The average molecular weight is 477 g/mol. The van der Waals surface area contributed by atoms with Crippen molar-refractivity contribution in [3.8, 4) is 11.5 Å². The van der Waals surface area contributed by atoms with E-state index in [9.17, 15) is 4.79 Å². The fraction of sp³-hybridized carbons (Fsp3) is 0.136. The Balaban J connectivity index is 1.69. The summed E-state index contributed by atoms with van der Waals surface area (Å²) in [4.78, 5) is 10.9. The molecular weight excluding hydrogens is 458 g/mol. The highest BCUT2D eigenvalue weighted by molar-refractivity contribution is 9.10. The predicted molar refractivity (Wildman–Crippen MR) is 117 cm³/mol. The molecule has 0 amide bonds. The van der Waals surface area contributed by atoms with E-state index >= 15 is 0 Å². The van der Waals surface area contributed by atoms with Gasteiger partial charge >= 0.3 is 5.97 Å². The standard InChI is InChI=1S/C22H19BrClNO4/c1-28-20-10-16(12-25-18-7-5-15(6-8-18)22(26)27)19(23)11-21(20)29-13-14-3-2-4-17(24)9-14/h2-11,25H,12-13H2,1H3,(H,26,27). The summed E-state index contributed by atoms with van der Waals surface area (Å²) in [7, 11) is 1.59. The van der Waals surface area contributed by atoms with Gasteiger partial charge in [0.1, 0.15) is 6.61 Å². The van der Waals surface area contributed by atoms with Crippen molar-refractivity contribution in [2.45, 2.75) is 13.2 Å². The molecule has 0 atom stereocenters. The highest BCUT2D eigenvalue weighted by Crippen LogP contribution is 2.34.